The summed E-state index contributed by atoms with van der Waals surface area (Å²) in [5, 5.41) is 3.41. The maximum atomic E-state index is 5.54. The average Bonchev–Trinajstić information content (AvgIpc) is 2.97. The normalized spacial score (nSPS) is 11.5. The molecule has 0 aliphatic carbocycles. The van der Waals surface area contributed by atoms with Gasteiger partial charge in [-0.05, 0) is 32.9 Å². The zero-order valence-corrected chi connectivity index (χ0v) is 12.2. The SMILES string of the molecule is Cc1ccc(CNCc2c(C)nc3sc(C)cn23)o1. The van der Waals surface area contributed by atoms with Gasteiger partial charge in [-0.15, -0.1) is 11.3 Å². The van der Waals surface area contributed by atoms with Gasteiger partial charge in [0.2, 0.25) is 0 Å². The molecule has 0 amide bonds. The fourth-order valence-electron chi connectivity index (χ4n) is 2.21. The lowest BCUT2D eigenvalue weighted by molar-refractivity contribution is 0.460. The van der Waals surface area contributed by atoms with Gasteiger partial charge in [0.05, 0.1) is 17.9 Å². The van der Waals surface area contributed by atoms with E-state index in [-0.39, 0.29) is 0 Å². The van der Waals surface area contributed by atoms with E-state index in [1.165, 1.54) is 10.6 Å². The number of furan rings is 1. The second-order valence-corrected chi connectivity index (χ2v) is 5.97. The maximum absolute atomic E-state index is 5.54. The predicted octanol–water partition coefficient (Wildman–Crippen LogP) is 3.20. The van der Waals surface area contributed by atoms with Crippen molar-refractivity contribution in [2.45, 2.75) is 33.9 Å². The molecule has 0 bridgehead atoms. The van der Waals surface area contributed by atoms with Gasteiger partial charge in [-0.2, -0.15) is 0 Å². The third-order valence-corrected chi connectivity index (χ3v) is 4.03. The Morgan fingerprint density at radius 1 is 1.26 bits per heavy atom. The number of hydrogen-bond acceptors (Lipinski definition) is 4. The molecule has 0 fully saturated rings. The number of aromatic nitrogens is 2. The molecule has 1 N–H and O–H groups in total. The molecule has 19 heavy (non-hydrogen) atoms. The fourth-order valence-corrected chi connectivity index (χ4v) is 3.10. The van der Waals surface area contributed by atoms with Crippen molar-refractivity contribution < 1.29 is 4.42 Å². The van der Waals surface area contributed by atoms with E-state index in [2.05, 4.69) is 34.7 Å². The lowest BCUT2D eigenvalue weighted by Crippen LogP contribution is -2.14. The van der Waals surface area contributed by atoms with Crippen LogP contribution in [0.1, 0.15) is 27.8 Å². The van der Waals surface area contributed by atoms with E-state index in [0.29, 0.717) is 0 Å². The van der Waals surface area contributed by atoms with Crippen molar-refractivity contribution in [2.75, 3.05) is 0 Å². The molecule has 4 nitrogen and oxygen atoms in total. The molecule has 5 heteroatoms. The summed E-state index contributed by atoms with van der Waals surface area (Å²) >= 11 is 1.73. The van der Waals surface area contributed by atoms with Crippen molar-refractivity contribution in [3.05, 3.63) is 46.1 Å². The second-order valence-electron chi connectivity index (χ2n) is 4.75. The van der Waals surface area contributed by atoms with E-state index in [0.717, 1.165) is 35.3 Å². The molecule has 3 rings (SSSR count). The standard InChI is InChI=1S/C14H17N3OS/c1-9-4-5-12(18-9)6-15-7-13-11(3)16-14-17(13)8-10(2)19-14/h4-5,8,15H,6-7H2,1-3H3. The number of fused-ring (bicyclic) bond motifs is 1. The number of imidazole rings is 1. The summed E-state index contributed by atoms with van der Waals surface area (Å²) in [4.78, 5) is 6.93. The molecule has 3 aromatic rings. The molecule has 3 aromatic heterocycles. The smallest absolute Gasteiger partial charge is 0.194 e. The average molecular weight is 275 g/mol. The molecule has 0 saturated heterocycles. The van der Waals surface area contributed by atoms with Gasteiger partial charge in [0.1, 0.15) is 11.5 Å². The number of nitrogens with zero attached hydrogens (tertiary/aromatic N) is 2. The first-order chi connectivity index (χ1) is 9.13. The number of hydrogen-bond donors (Lipinski definition) is 1. The minimum atomic E-state index is 0.740. The molecule has 3 heterocycles. The van der Waals surface area contributed by atoms with Crippen LogP contribution in [0.2, 0.25) is 0 Å². The van der Waals surface area contributed by atoms with Gasteiger partial charge in [-0.1, -0.05) is 0 Å². The van der Waals surface area contributed by atoms with Crippen LogP contribution in [0.3, 0.4) is 0 Å². The van der Waals surface area contributed by atoms with E-state index < -0.39 is 0 Å². The van der Waals surface area contributed by atoms with Crippen molar-refractivity contribution in [2.24, 2.45) is 0 Å². The van der Waals surface area contributed by atoms with Gasteiger partial charge in [0, 0.05) is 17.6 Å². The summed E-state index contributed by atoms with van der Waals surface area (Å²) in [6, 6.07) is 4.00. The van der Waals surface area contributed by atoms with Crippen LogP contribution in [0.25, 0.3) is 4.96 Å². The Kier molecular flexibility index (Phi) is 3.16. The maximum Gasteiger partial charge on any atom is 0.194 e. The third kappa shape index (κ3) is 2.43. The van der Waals surface area contributed by atoms with Gasteiger partial charge in [0.25, 0.3) is 0 Å². The van der Waals surface area contributed by atoms with Gasteiger partial charge in [-0.3, -0.25) is 4.40 Å². The Bertz CT molecular complexity index is 707. The van der Waals surface area contributed by atoms with Gasteiger partial charge in [0.15, 0.2) is 4.96 Å². The lowest BCUT2D eigenvalue weighted by atomic mass is 10.3. The number of nitrogens with one attached hydrogen (secondary N) is 1. The van der Waals surface area contributed by atoms with E-state index in [1.807, 2.05) is 19.1 Å². The predicted molar refractivity (Wildman–Crippen MR) is 76.5 cm³/mol. The molecule has 0 saturated carbocycles. The molecule has 0 atom stereocenters. The van der Waals surface area contributed by atoms with Gasteiger partial charge < -0.3 is 9.73 Å². The van der Waals surface area contributed by atoms with Crippen LogP contribution in [0.5, 0.6) is 0 Å². The minimum Gasteiger partial charge on any atom is -0.465 e. The number of rotatable bonds is 4. The first-order valence-electron chi connectivity index (χ1n) is 6.33. The van der Waals surface area contributed by atoms with Crippen LogP contribution < -0.4 is 5.32 Å². The first-order valence-corrected chi connectivity index (χ1v) is 7.15. The zero-order chi connectivity index (χ0) is 13.4. The molecular formula is C14H17N3OS. The molecule has 0 radical (unpaired) electrons. The van der Waals surface area contributed by atoms with Crippen LogP contribution in [0.4, 0.5) is 0 Å². The zero-order valence-electron chi connectivity index (χ0n) is 11.4. The summed E-state index contributed by atoms with van der Waals surface area (Å²) in [6.45, 7) is 7.66. The Hall–Kier alpha value is -1.59. The van der Waals surface area contributed by atoms with Gasteiger partial charge >= 0.3 is 0 Å². The lowest BCUT2D eigenvalue weighted by Gasteiger charge is -2.03. The van der Waals surface area contributed by atoms with Crippen molar-refractivity contribution in [3.63, 3.8) is 0 Å². The number of thiazole rings is 1. The molecule has 0 spiro atoms. The highest BCUT2D eigenvalue weighted by Gasteiger charge is 2.10. The van der Waals surface area contributed by atoms with E-state index >= 15 is 0 Å². The Morgan fingerprint density at radius 2 is 2.11 bits per heavy atom. The number of aryl methyl sites for hydroxylation is 3. The summed E-state index contributed by atoms with van der Waals surface area (Å²) in [5.74, 6) is 1.92. The molecule has 0 aromatic carbocycles. The van der Waals surface area contributed by atoms with E-state index in [4.69, 9.17) is 4.42 Å². The molecular weight excluding hydrogens is 258 g/mol. The topological polar surface area (TPSA) is 42.5 Å². The summed E-state index contributed by atoms with van der Waals surface area (Å²) in [6.07, 6.45) is 2.15. The Labute approximate surface area is 116 Å². The molecule has 0 aliphatic heterocycles. The highest BCUT2D eigenvalue weighted by atomic mass is 32.1. The van der Waals surface area contributed by atoms with Crippen LogP contribution >= 0.6 is 11.3 Å². The molecule has 0 aliphatic rings. The largest absolute Gasteiger partial charge is 0.465 e. The van der Waals surface area contributed by atoms with Gasteiger partial charge in [-0.25, -0.2) is 4.98 Å². The van der Waals surface area contributed by atoms with Crippen molar-refractivity contribution in [1.29, 1.82) is 0 Å². The van der Waals surface area contributed by atoms with Crippen molar-refractivity contribution in [3.8, 4) is 0 Å². The van der Waals surface area contributed by atoms with E-state index in [1.54, 1.807) is 11.3 Å². The van der Waals surface area contributed by atoms with Crippen molar-refractivity contribution in [1.82, 2.24) is 14.7 Å². The van der Waals surface area contributed by atoms with Crippen LogP contribution in [-0.2, 0) is 13.1 Å². The highest BCUT2D eigenvalue weighted by molar-refractivity contribution is 7.17. The van der Waals surface area contributed by atoms with E-state index in [9.17, 15) is 0 Å². The second kappa shape index (κ2) is 4.83. The molecule has 0 unspecified atom stereocenters. The summed E-state index contributed by atoms with van der Waals surface area (Å²) < 4.78 is 7.72. The Morgan fingerprint density at radius 3 is 2.84 bits per heavy atom. The summed E-state index contributed by atoms with van der Waals surface area (Å²) in [7, 11) is 0. The first kappa shape index (κ1) is 12.4. The third-order valence-electron chi connectivity index (χ3n) is 3.13. The summed E-state index contributed by atoms with van der Waals surface area (Å²) in [5.41, 5.74) is 2.32. The fraction of sp³-hybridized carbons (Fsp3) is 0.357. The molecule has 100 valence electrons. The highest BCUT2D eigenvalue weighted by Crippen LogP contribution is 2.20. The minimum absolute atomic E-state index is 0.740. The monoisotopic (exact) mass is 275 g/mol. The van der Waals surface area contributed by atoms with Crippen LogP contribution in [0.15, 0.2) is 22.7 Å². The van der Waals surface area contributed by atoms with Crippen molar-refractivity contribution >= 4 is 16.3 Å². The van der Waals surface area contributed by atoms with Crippen LogP contribution in [0, 0.1) is 20.8 Å². The Balaban J connectivity index is 1.72. The quantitative estimate of drug-likeness (QED) is 0.795. The van der Waals surface area contributed by atoms with Crippen LogP contribution in [-0.4, -0.2) is 9.38 Å².